The van der Waals surface area contributed by atoms with Crippen LogP contribution in [-0.4, -0.2) is 21.8 Å². The van der Waals surface area contributed by atoms with Gasteiger partial charge in [-0.2, -0.15) is 0 Å². The molecule has 2 atom stereocenters. The molecule has 1 aliphatic carbocycles. The van der Waals surface area contributed by atoms with E-state index in [-0.39, 0.29) is 5.78 Å². The molecule has 1 aliphatic rings. The molecule has 29 heavy (non-hydrogen) atoms. The number of benzene rings is 2. The first-order valence-electron chi connectivity index (χ1n) is 9.97. The van der Waals surface area contributed by atoms with Crippen molar-refractivity contribution in [3.8, 4) is 0 Å². The van der Waals surface area contributed by atoms with Gasteiger partial charge in [0.25, 0.3) is 0 Å². The van der Waals surface area contributed by atoms with E-state index in [9.17, 15) is 4.79 Å². The lowest BCUT2D eigenvalue weighted by molar-refractivity contribution is -0.119. The summed E-state index contributed by atoms with van der Waals surface area (Å²) in [5.41, 5.74) is 11.6. The average Bonchev–Trinajstić information content (AvgIpc) is 3.28. The van der Waals surface area contributed by atoms with E-state index in [4.69, 9.17) is 5.73 Å². The lowest BCUT2D eigenvalue weighted by atomic mass is 9.88. The van der Waals surface area contributed by atoms with Crippen molar-refractivity contribution in [1.82, 2.24) is 9.97 Å². The van der Waals surface area contributed by atoms with Gasteiger partial charge in [-0.15, -0.1) is 0 Å². The van der Waals surface area contributed by atoms with E-state index in [2.05, 4.69) is 64.6 Å². The number of nitrogens with one attached hydrogen (secondary N) is 1. The minimum Gasteiger partial charge on any atom is -0.351 e. The Labute approximate surface area is 171 Å². The summed E-state index contributed by atoms with van der Waals surface area (Å²) in [6.45, 7) is 0. The highest BCUT2D eigenvalue weighted by Crippen LogP contribution is 2.30. The Kier molecular flexibility index (Phi) is 5.82. The van der Waals surface area contributed by atoms with Crippen LogP contribution in [0.25, 0.3) is 5.57 Å². The van der Waals surface area contributed by atoms with Crippen molar-refractivity contribution in [2.75, 3.05) is 0 Å². The summed E-state index contributed by atoms with van der Waals surface area (Å²) in [5, 5.41) is 0. The monoisotopic (exact) mass is 383 g/mol. The zero-order valence-corrected chi connectivity index (χ0v) is 16.3. The highest BCUT2D eigenvalue weighted by molar-refractivity contribution is 5.86. The molecular formula is C25H25N3O. The van der Waals surface area contributed by atoms with E-state index >= 15 is 0 Å². The molecule has 0 fully saturated rings. The van der Waals surface area contributed by atoms with Crippen LogP contribution in [0.1, 0.15) is 34.7 Å². The summed E-state index contributed by atoms with van der Waals surface area (Å²) >= 11 is 0. The van der Waals surface area contributed by atoms with E-state index in [1.165, 1.54) is 16.7 Å². The number of carbonyl (C=O) groups is 1. The number of aromatic amines is 1. The molecule has 0 spiro atoms. The normalized spacial score (nSPS) is 17.0. The number of carbonyl (C=O) groups excluding carboxylic acids is 1. The Morgan fingerprint density at radius 2 is 1.93 bits per heavy atom. The predicted octanol–water partition coefficient (Wildman–Crippen LogP) is 4.22. The predicted molar refractivity (Wildman–Crippen MR) is 116 cm³/mol. The minimum atomic E-state index is -0.531. The van der Waals surface area contributed by atoms with Gasteiger partial charge in [0.1, 0.15) is 0 Å². The summed E-state index contributed by atoms with van der Waals surface area (Å²) in [6.07, 6.45) is 11.9. The van der Waals surface area contributed by atoms with Crippen LogP contribution in [0.3, 0.4) is 0 Å². The second kappa shape index (κ2) is 8.84. The van der Waals surface area contributed by atoms with Crippen molar-refractivity contribution in [3.05, 3.63) is 108 Å². The lowest BCUT2D eigenvalue weighted by Crippen LogP contribution is -2.34. The van der Waals surface area contributed by atoms with E-state index in [0.29, 0.717) is 18.8 Å². The van der Waals surface area contributed by atoms with Crippen LogP contribution in [-0.2, 0) is 17.6 Å². The third-order valence-electron chi connectivity index (χ3n) is 5.39. The van der Waals surface area contributed by atoms with E-state index in [1.54, 1.807) is 12.5 Å². The molecule has 3 N–H and O–H groups in total. The molecule has 4 heteroatoms. The van der Waals surface area contributed by atoms with Crippen molar-refractivity contribution < 1.29 is 4.79 Å². The van der Waals surface area contributed by atoms with E-state index in [0.717, 1.165) is 17.7 Å². The van der Waals surface area contributed by atoms with E-state index < -0.39 is 6.04 Å². The van der Waals surface area contributed by atoms with Crippen molar-refractivity contribution in [1.29, 1.82) is 0 Å². The van der Waals surface area contributed by atoms with E-state index in [1.807, 2.05) is 18.2 Å². The average molecular weight is 383 g/mol. The van der Waals surface area contributed by atoms with Gasteiger partial charge in [-0.3, -0.25) is 4.79 Å². The number of imidazole rings is 1. The molecule has 1 heterocycles. The maximum atomic E-state index is 12.4. The lowest BCUT2D eigenvalue weighted by Gasteiger charge is -2.17. The second-order valence-corrected chi connectivity index (χ2v) is 7.48. The number of ketones is 1. The maximum Gasteiger partial charge on any atom is 0.154 e. The van der Waals surface area contributed by atoms with Crippen LogP contribution < -0.4 is 5.73 Å². The summed E-state index contributed by atoms with van der Waals surface area (Å²) in [4.78, 5) is 19.4. The molecule has 4 nitrogen and oxygen atoms in total. The Morgan fingerprint density at radius 3 is 2.59 bits per heavy atom. The quantitative estimate of drug-likeness (QED) is 0.642. The Hall–Kier alpha value is -3.24. The number of H-pyrrole nitrogens is 1. The van der Waals surface area contributed by atoms with Gasteiger partial charge in [-0.05, 0) is 28.7 Å². The van der Waals surface area contributed by atoms with Crippen molar-refractivity contribution in [3.63, 3.8) is 0 Å². The van der Waals surface area contributed by atoms with Gasteiger partial charge in [0.05, 0.1) is 18.1 Å². The largest absolute Gasteiger partial charge is 0.351 e. The van der Waals surface area contributed by atoms with Crippen LogP contribution in [0.15, 0.2) is 85.3 Å². The molecule has 0 bridgehead atoms. The van der Waals surface area contributed by atoms with Crippen molar-refractivity contribution >= 4 is 11.4 Å². The highest BCUT2D eigenvalue weighted by Gasteiger charge is 2.16. The number of nitrogens with two attached hydrogens (primary N) is 1. The third-order valence-corrected chi connectivity index (χ3v) is 5.39. The summed E-state index contributed by atoms with van der Waals surface area (Å²) in [7, 11) is 0. The fourth-order valence-electron chi connectivity index (χ4n) is 3.67. The molecule has 0 saturated heterocycles. The topological polar surface area (TPSA) is 71.8 Å². The molecule has 0 amide bonds. The molecule has 0 aliphatic heterocycles. The zero-order valence-electron chi connectivity index (χ0n) is 16.3. The summed E-state index contributed by atoms with van der Waals surface area (Å²) < 4.78 is 0. The SMILES string of the molecule is N[C@@H](Cc1c[nH]cn1)C(=O)Cc1ccc(C2=CCC(c3ccccc3)C=C2)cc1. The first-order valence-corrected chi connectivity index (χ1v) is 9.97. The molecule has 4 rings (SSSR count). The van der Waals surface area contributed by atoms with Gasteiger partial charge in [0.2, 0.25) is 0 Å². The molecule has 1 aromatic heterocycles. The maximum absolute atomic E-state index is 12.4. The number of hydrogen-bond acceptors (Lipinski definition) is 3. The Morgan fingerprint density at radius 1 is 1.14 bits per heavy atom. The fraction of sp³-hybridized carbons (Fsp3) is 0.200. The molecule has 1 unspecified atom stereocenters. The van der Waals surface area contributed by atoms with Gasteiger partial charge in [-0.1, -0.05) is 72.8 Å². The van der Waals surface area contributed by atoms with Gasteiger partial charge >= 0.3 is 0 Å². The van der Waals surface area contributed by atoms with Gasteiger partial charge in [0, 0.05) is 25.0 Å². The van der Waals surface area contributed by atoms with Crippen LogP contribution in [0.4, 0.5) is 0 Å². The number of rotatable bonds is 7. The van der Waals surface area contributed by atoms with Crippen LogP contribution in [0, 0.1) is 0 Å². The van der Waals surface area contributed by atoms with Crippen LogP contribution in [0.5, 0.6) is 0 Å². The summed E-state index contributed by atoms with van der Waals surface area (Å²) in [6, 6.07) is 18.3. The number of Topliss-reactive ketones (excluding diaryl/α,β-unsaturated/α-hetero) is 1. The number of nitrogens with zero attached hydrogens (tertiary/aromatic N) is 1. The highest BCUT2D eigenvalue weighted by atomic mass is 16.1. The molecule has 146 valence electrons. The third kappa shape index (κ3) is 4.79. The first-order chi connectivity index (χ1) is 14.2. The van der Waals surface area contributed by atoms with Crippen LogP contribution in [0.2, 0.25) is 0 Å². The fourth-order valence-corrected chi connectivity index (χ4v) is 3.67. The molecule has 3 aromatic rings. The molecule has 2 aromatic carbocycles. The summed E-state index contributed by atoms with van der Waals surface area (Å²) in [5.74, 6) is 0.469. The molecular weight excluding hydrogens is 358 g/mol. The number of aromatic nitrogens is 2. The van der Waals surface area contributed by atoms with Gasteiger partial charge in [0.15, 0.2) is 5.78 Å². The molecule has 0 saturated carbocycles. The van der Waals surface area contributed by atoms with Crippen LogP contribution >= 0.6 is 0 Å². The number of hydrogen-bond donors (Lipinski definition) is 2. The zero-order chi connectivity index (χ0) is 20.1. The van der Waals surface area contributed by atoms with Gasteiger partial charge in [-0.25, -0.2) is 4.98 Å². The van der Waals surface area contributed by atoms with Crippen molar-refractivity contribution in [2.45, 2.75) is 31.2 Å². The standard InChI is InChI=1S/C25H25N3O/c26-24(15-23-16-27-17-28-23)25(29)14-18-6-8-20(9-7-18)22-12-10-21(11-13-22)19-4-2-1-3-5-19/h1-10,12-13,16-17,21,24H,11,14-15,26H2,(H,27,28)/t21?,24-/m0/s1. The van der Waals surface area contributed by atoms with Gasteiger partial charge < -0.3 is 10.7 Å². The number of allylic oxidation sites excluding steroid dienone is 4. The van der Waals surface area contributed by atoms with Crippen molar-refractivity contribution in [2.24, 2.45) is 5.73 Å². The first kappa shape index (κ1) is 19.1. The molecule has 0 radical (unpaired) electrons. The Bertz CT molecular complexity index is 1000. The smallest absolute Gasteiger partial charge is 0.154 e. The Balaban J connectivity index is 1.35. The second-order valence-electron chi connectivity index (χ2n) is 7.48. The minimum absolute atomic E-state index is 0.0308.